The molecular formula is C17H19FN2O5S2. The Morgan fingerprint density at radius 1 is 1.26 bits per heavy atom. The Labute approximate surface area is 160 Å². The Morgan fingerprint density at radius 3 is 2.56 bits per heavy atom. The summed E-state index contributed by atoms with van der Waals surface area (Å²) in [5.41, 5.74) is 0.675. The van der Waals surface area contributed by atoms with E-state index in [0.29, 0.717) is 30.9 Å². The first-order valence-electron chi connectivity index (χ1n) is 8.18. The second kappa shape index (κ2) is 7.93. The molecule has 1 aromatic heterocycles. The number of nitrogens with zero attached hydrogens (tertiary/aromatic N) is 2. The third-order valence-electron chi connectivity index (χ3n) is 4.38. The van der Waals surface area contributed by atoms with Gasteiger partial charge in [0.05, 0.1) is 12.7 Å². The van der Waals surface area contributed by atoms with Gasteiger partial charge in [0.2, 0.25) is 0 Å². The maximum atomic E-state index is 13.5. The van der Waals surface area contributed by atoms with Gasteiger partial charge in [-0.05, 0) is 24.3 Å². The first kappa shape index (κ1) is 19.7. The fourth-order valence-electron chi connectivity index (χ4n) is 2.93. The molecule has 146 valence electrons. The predicted octanol–water partition coefficient (Wildman–Crippen LogP) is 2.10. The monoisotopic (exact) mass is 414 g/mol. The number of benzene rings is 1. The molecule has 1 saturated heterocycles. The molecule has 0 amide bonds. The molecule has 2 aromatic rings. The van der Waals surface area contributed by atoms with Crippen molar-refractivity contribution in [3.8, 4) is 5.75 Å². The molecule has 10 heteroatoms. The van der Waals surface area contributed by atoms with Crippen molar-refractivity contribution >= 4 is 27.3 Å². The summed E-state index contributed by atoms with van der Waals surface area (Å²) in [5.74, 6) is -0.910. The number of hydrogen-bond donors (Lipinski definition) is 1. The summed E-state index contributed by atoms with van der Waals surface area (Å²) in [4.78, 5) is 13.0. The van der Waals surface area contributed by atoms with Crippen molar-refractivity contribution in [2.24, 2.45) is 0 Å². The summed E-state index contributed by atoms with van der Waals surface area (Å²) < 4.78 is 45.5. The highest BCUT2D eigenvalue weighted by Crippen LogP contribution is 2.26. The first-order chi connectivity index (χ1) is 12.8. The Kier molecular flexibility index (Phi) is 5.80. The molecular weight excluding hydrogens is 395 g/mol. The number of ether oxygens (including phenoxy) is 1. The van der Waals surface area contributed by atoms with Crippen molar-refractivity contribution in [2.75, 3.05) is 33.3 Å². The number of thiophene rings is 1. The number of methoxy groups -OCH3 is 1. The molecule has 1 aromatic carbocycles. The lowest BCUT2D eigenvalue weighted by atomic mass is 10.1. The van der Waals surface area contributed by atoms with Crippen LogP contribution in [0.15, 0.2) is 33.9 Å². The van der Waals surface area contributed by atoms with Crippen LogP contribution in [0.3, 0.4) is 0 Å². The number of hydrogen-bond acceptors (Lipinski definition) is 6. The van der Waals surface area contributed by atoms with Crippen LogP contribution < -0.4 is 4.74 Å². The Balaban J connectivity index is 1.66. The lowest BCUT2D eigenvalue weighted by Gasteiger charge is -2.33. The van der Waals surface area contributed by atoms with Gasteiger partial charge in [-0.25, -0.2) is 17.6 Å². The smallest absolute Gasteiger partial charge is 0.336 e. The van der Waals surface area contributed by atoms with Crippen LogP contribution in [0.1, 0.15) is 15.9 Å². The topological polar surface area (TPSA) is 87.2 Å². The number of carboxylic acids is 1. The molecule has 2 heterocycles. The van der Waals surface area contributed by atoms with Gasteiger partial charge in [0.25, 0.3) is 10.0 Å². The van der Waals surface area contributed by atoms with Crippen molar-refractivity contribution < 1.29 is 27.4 Å². The largest absolute Gasteiger partial charge is 0.496 e. The van der Waals surface area contributed by atoms with Crippen LogP contribution >= 0.6 is 11.3 Å². The summed E-state index contributed by atoms with van der Waals surface area (Å²) in [6.45, 7) is 1.98. The molecule has 0 spiro atoms. The van der Waals surface area contributed by atoms with Crippen molar-refractivity contribution in [1.29, 1.82) is 0 Å². The van der Waals surface area contributed by atoms with Gasteiger partial charge >= 0.3 is 5.97 Å². The third kappa shape index (κ3) is 4.29. The number of piperazine rings is 1. The molecule has 7 nitrogen and oxygen atoms in total. The number of sulfonamides is 1. The lowest BCUT2D eigenvalue weighted by Crippen LogP contribution is -2.48. The van der Waals surface area contributed by atoms with Crippen LogP contribution in [0.4, 0.5) is 4.39 Å². The summed E-state index contributed by atoms with van der Waals surface area (Å²) in [7, 11) is -2.19. The maximum Gasteiger partial charge on any atom is 0.336 e. The van der Waals surface area contributed by atoms with Crippen molar-refractivity contribution in [3.05, 3.63) is 46.6 Å². The summed E-state index contributed by atoms with van der Waals surface area (Å²) >= 11 is 0.906. The number of rotatable bonds is 6. The fourth-order valence-corrected chi connectivity index (χ4v) is 5.66. The molecule has 1 aliphatic rings. The van der Waals surface area contributed by atoms with Gasteiger partial charge in [-0.15, -0.1) is 11.3 Å². The number of halogens is 1. The highest BCUT2D eigenvalue weighted by Gasteiger charge is 2.30. The molecule has 1 N–H and O–H groups in total. The average Bonchev–Trinajstić information content (AvgIpc) is 3.14. The molecule has 0 bridgehead atoms. The van der Waals surface area contributed by atoms with Crippen molar-refractivity contribution in [1.82, 2.24) is 9.21 Å². The van der Waals surface area contributed by atoms with Gasteiger partial charge in [0.15, 0.2) is 0 Å². The number of aromatic carboxylic acids is 1. The van der Waals surface area contributed by atoms with Crippen LogP contribution in [-0.4, -0.2) is 62.0 Å². The van der Waals surface area contributed by atoms with E-state index < -0.39 is 16.0 Å². The van der Waals surface area contributed by atoms with E-state index in [1.54, 1.807) is 6.07 Å². The Morgan fingerprint density at radius 2 is 1.96 bits per heavy atom. The van der Waals surface area contributed by atoms with E-state index >= 15 is 0 Å². The van der Waals surface area contributed by atoms with Crippen molar-refractivity contribution in [2.45, 2.75) is 10.8 Å². The predicted molar refractivity (Wildman–Crippen MR) is 98.3 cm³/mol. The minimum Gasteiger partial charge on any atom is -0.496 e. The zero-order valence-electron chi connectivity index (χ0n) is 14.6. The summed E-state index contributed by atoms with van der Waals surface area (Å²) in [6, 6.07) is 5.51. The summed E-state index contributed by atoms with van der Waals surface area (Å²) in [6.07, 6.45) is 0. The van der Waals surface area contributed by atoms with Crippen LogP contribution in [0.2, 0.25) is 0 Å². The van der Waals surface area contributed by atoms with Gasteiger partial charge in [0.1, 0.15) is 15.8 Å². The van der Waals surface area contributed by atoms with Gasteiger partial charge < -0.3 is 9.84 Å². The molecule has 0 radical (unpaired) electrons. The Hall–Kier alpha value is -2.01. The van der Waals surface area contributed by atoms with Crippen LogP contribution in [0, 0.1) is 5.82 Å². The zero-order chi connectivity index (χ0) is 19.6. The molecule has 1 fully saturated rings. The van der Waals surface area contributed by atoms with Crippen LogP contribution in [0.5, 0.6) is 5.75 Å². The average molecular weight is 414 g/mol. The van der Waals surface area contributed by atoms with E-state index in [1.165, 1.54) is 35.0 Å². The van der Waals surface area contributed by atoms with Crippen LogP contribution in [0.25, 0.3) is 0 Å². The lowest BCUT2D eigenvalue weighted by molar-refractivity contribution is 0.0697. The highest BCUT2D eigenvalue weighted by atomic mass is 32.2. The second-order valence-corrected chi connectivity index (χ2v) is 9.17. The quantitative estimate of drug-likeness (QED) is 0.779. The molecule has 0 atom stereocenters. The molecule has 0 aliphatic carbocycles. The van der Waals surface area contributed by atoms with E-state index in [0.717, 1.165) is 11.3 Å². The molecule has 0 unspecified atom stereocenters. The van der Waals surface area contributed by atoms with Gasteiger partial charge in [0, 0.05) is 43.7 Å². The van der Waals surface area contributed by atoms with E-state index in [4.69, 9.17) is 9.84 Å². The number of carbonyl (C=O) groups is 1. The van der Waals surface area contributed by atoms with Crippen LogP contribution in [-0.2, 0) is 16.6 Å². The van der Waals surface area contributed by atoms with Crippen molar-refractivity contribution in [3.63, 3.8) is 0 Å². The molecule has 27 heavy (non-hydrogen) atoms. The minimum atomic E-state index is -3.71. The van der Waals surface area contributed by atoms with E-state index in [1.807, 2.05) is 4.90 Å². The first-order valence-corrected chi connectivity index (χ1v) is 10.5. The van der Waals surface area contributed by atoms with Gasteiger partial charge in [-0.2, -0.15) is 4.31 Å². The molecule has 1 aliphatic heterocycles. The minimum absolute atomic E-state index is 0.0279. The van der Waals surface area contributed by atoms with E-state index in [9.17, 15) is 17.6 Å². The van der Waals surface area contributed by atoms with E-state index in [2.05, 4.69) is 0 Å². The van der Waals surface area contributed by atoms with Gasteiger partial charge in [-0.3, -0.25) is 4.90 Å². The third-order valence-corrected chi connectivity index (χ3v) is 7.70. The maximum absolute atomic E-state index is 13.5. The standard InChI is InChI=1S/C17H19FN2O5S2/c1-25-15-3-2-14(18)8-12(15)10-19-4-6-20(7-5-19)27(23,24)16-9-13(11-26-16)17(21)22/h2-3,8-9,11H,4-7,10H2,1H3,(H,21,22). The SMILES string of the molecule is COc1ccc(F)cc1CN1CCN(S(=O)(=O)c2cc(C(=O)O)cs2)CC1. The fraction of sp³-hybridized carbons (Fsp3) is 0.353. The molecule has 3 rings (SSSR count). The van der Waals surface area contributed by atoms with E-state index in [-0.39, 0.29) is 28.7 Å². The number of carboxylic acid groups (broad SMARTS) is 1. The highest BCUT2D eigenvalue weighted by molar-refractivity contribution is 7.91. The normalized spacial score (nSPS) is 16.4. The zero-order valence-corrected chi connectivity index (χ0v) is 16.2. The summed E-state index contributed by atoms with van der Waals surface area (Å²) in [5, 5.41) is 10.3. The van der Waals surface area contributed by atoms with Gasteiger partial charge in [-0.1, -0.05) is 0 Å². The Bertz CT molecular complexity index is 937. The second-order valence-electron chi connectivity index (χ2n) is 6.10. The molecule has 0 saturated carbocycles.